The molecule has 0 radical (unpaired) electrons. The number of carbonyl (C=O) groups is 1. The van der Waals surface area contributed by atoms with Gasteiger partial charge in [-0.1, -0.05) is 49.4 Å². The van der Waals surface area contributed by atoms with Crippen LogP contribution in [0, 0.1) is 6.92 Å². The highest BCUT2D eigenvalue weighted by molar-refractivity contribution is 6.62. The smallest absolute Gasteiger partial charge is 0.468 e. The van der Waals surface area contributed by atoms with Gasteiger partial charge in [-0.3, -0.25) is 4.79 Å². The molecule has 1 heterocycles. The number of hydrogen-bond donors (Lipinski definition) is 0. The number of esters is 1. The second-order valence-corrected chi connectivity index (χ2v) is 9.39. The van der Waals surface area contributed by atoms with Crippen molar-refractivity contribution in [3.05, 3.63) is 53.6 Å². The Morgan fingerprint density at radius 1 is 1.07 bits per heavy atom. The maximum Gasteiger partial charge on any atom is 0.494 e. The van der Waals surface area contributed by atoms with Crippen LogP contribution in [0.15, 0.2) is 42.5 Å². The van der Waals surface area contributed by atoms with Crippen molar-refractivity contribution in [2.45, 2.75) is 70.5 Å². The number of ether oxygens (including phenoxy) is 1. The Balaban J connectivity index is 1.57. The van der Waals surface area contributed by atoms with E-state index in [1.54, 1.807) is 0 Å². The highest BCUT2D eigenvalue weighted by Crippen LogP contribution is 2.49. The third-order valence-electron chi connectivity index (χ3n) is 7.31. The highest BCUT2D eigenvalue weighted by atomic mass is 16.7. The zero-order chi connectivity index (χ0) is 21.7. The summed E-state index contributed by atoms with van der Waals surface area (Å²) in [5, 5.41) is 0. The van der Waals surface area contributed by atoms with Gasteiger partial charge in [0.15, 0.2) is 0 Å². The first-order chi connectivity index (χ1) is 14.2. The Labute approximate surface area is 180 Å². The summed E-state index contributed by atoms with van der Waals surface area (Å²) in [6.45, 7) is 10.6. The molecule has 1 saturated carbocycles. The molecule has 2 fully saturated rings. The molecule has 2 aromatic rings. The molecular weight excluding hydrogens is 375 g/mol. The van der Waals surface area contributed by atoms with Gasteiger partial charge in [-0.05, 0) is 74.7 Å². The minimum absolute atomic E-state index is 0.130. The van der Waals surface area contributed by atoms with Gasteiger partial charge in [0.05, 0.1) is 23.7 Å². The summed E-state index contributed by atoms with van der Waals surface area (Å²) in [5.41, 5.74) is 4.49. The van der Waals surface area contributed by atoms with Crippen molar-refractivity contribution in [1.82, 2.24) is 0 Å². The highest BCUT2D eigenvalue weighted by Gasteiger charge is 2.54. The van der Waals surface area contributed by atoms with E-state index in [-0.39, 0.29) is 24.3 Å². The fraction of sp³-hybridized carbons (Fsp3) is 0.480. The molecule has 1 saturated heterocycles. The van der Waals surface area contributed by atoms with Crippen molar-refractivity contribution in [3.63, 3.8) is 0 Å². The SMILES string of the molecule is CCC1(C)OB(c2ccc(-c3ccc(C4(C(=O)OC)CC4)cc3)c(C)c2)OC1(C)C. The zero-order valence-corrected chi connectivity index (χ0v) is 18.9. The molecule has 1 aliphatic carbocycles. The molecule has 0 bridgehead atoms. The van der Waals surface area contributed by atoms with E-state index in [0.29, 0.717) is 0 Å². The Kier molecular flexibility index (Phi) is 5.10. The first kappa shape index (κ1) is 21.1. The van der Waals surface area contributed by atoms with E-state index in [9.17, 15) is 4.79 Å². The average molecular weight is 406 g/mol. The number of hydrogen-bond acceptors (Lipinski definition) is 4. The van der Waals surface area contributed by atoms with Crippen LogP contribution in [0.25, 0.3) is 11.1 Å². The van der Waals surface area contributed by atoms with Crippen molar-refractivity contribution in [2.24, 2.45) is 0 Å². The molecule has 0 spiro atoms. The Morgan fingerprint density at radius 2 is 1.73 bits per heavy atom. The van der Waals surface area contributed by atoms with Gasteiger partial charge in [-0.2, -0.15) is 0 Å². The first-order valence-corrected chi connectivity index (χ1v) is 10.8. The summed E-state index contributed by atoms with van der Waals surface area (Å²) in [4.78, 5) is 12.1. The third kappa shape index (κ3) is 3.29. The minimum Gasteiger partial charge on any atom is -0.468 e. The second-order valence-electron chi connectivity index (χ2n) is 9.39. The molecule has 30 heavy (non-hydrogen) atoms. The van der Waals surface area contributed by atoms with Gasteiger partial charge in [0.1, 0.15) is 0 Å². The number of rotatable bonds is 5. The van der Waals surface area contributed by atoms with E-state index in [2.05, 4.69) is 77.1 Å². The summed E-state index contributed by atoms with van der Waals surface area (Å²) < 4.78 is 17.6. The normalized spacial score (nSPS) is 24.0. The van der Waals surface area contributed by atoms with Gasteiger partial charge in [-0.15, -0.1) is 0 Å². The van der Waals surface area contributed by atoms with Crippen LogP contribution in [0.4, 0.5) is 0 Å². The lowest BCUT2D eigenvalue weighted by molar-refractivity contribution is -0.143. The van der Waals surface area contributed by atoms with E-state index in [1.165, 1.54) is 18.2 Å². The molecule has 1 atom stereocenters. The van der Waals surface area contributed by atoms with Crippen molar-refractivity contribution in [3.8, 4) is 11.1 Å². The molecule has 4 rings (SSSR count). The Morgan fingerprint density at radius 3 is 2.23 bits per heavy atom. The molecular formula is C25H31BO4. The van der Waals surface area contributed by atoms with Crippen LogP contribution < -0.4 is 5.46 Å². The summed E-state index contributed by atoms with van der Waals surface area (Å²) in [6, 6.07) is 14.7. The number of aryl methyl sites for hydroxylation is 1. The van der Waals surface area contributed by atoms with Gasteiger partial charge < -0.3 is 14.0 Å². The zero-order valence-electron chi connectivity index (χ0n) is 18.9. The van der Waals surface area contributed by atoms with E-state index >= 15 is 0 Å². The molecule has 0 amide bonds. The molecule has 5 heteroatoms. The van der Waals surface area contributed by atoms with Gasteiger partial charge in [0, 0.05) is 0 Å². The van der Waals surface area contributed by atoms with Crippen molar-refractivity contribution < 1.29 is 18.8 Å². The monoisotopic (exact) mass is 406 g/mol. The van der Waals surface area contributed by atoms with Crippen LogP contribution in [0.1, 0.15) is 58.1 Å². The van der Waals surface area contributed by atoms with Crippen molar-refractivity contribution in [1.29, 1.82) is 0 Å². The molecule has 158 valence electrons. The Hall–Kier alpha value is -2.11. The minimum atomic E-state index is -0.429. The molecule has 0 N–H and O–H groups in total. The van der Waals surface area contributed by atoms with Crippen LogP contribution in [0.2, 0.25) is 0 Å². The maximum absolute atomic E-state index is 12.1. The summed E-state index contributed by atoms with van der Waals surface area (Å²) >= 11 is 0. The summed E-state index contributed by atoms with van der Waals surface area (Å²) in [5.74, 6) is -0.130. The van der Waals surface area contributed by atoms with E-state index in [0.717, 1.165) is 35.9 Å². The quantitative estimate of drug-likeness (QED) is 0.540. The lowest BCUT2D eigenvalue weighted by Gasteiger charge is -2.35. The van der Waals surface area contributed by atoms with Gasteiger partial charge in [0.25, 0.3) is 0 Å². The lowest BCUT2D eigenvalue weighted by Crippen LogP contribution is -2.44. The van der Waals surface area contributed by atoms with Gasteiger partial charge >= 0.3 is 13.1 Å². The van der Waals surface area contributed by atoms with Crippen LogP contribution in [0.5, 0.6) is 0 Å². The average Bonchev–Trinajstić information content (AvgIpc) is 3.50. The maximum atomic E-state index is 12.1. The number of benzene rings is 2. The predicted molar refractivity (Wildman–Crippen MR) is 120 cm³/mol. The number of methoxy groups -OCH3 is 1. The van der Waals surface area contributed by atoms with Crippen molar-refractivity contribution in [2.75, 3.05) is 7.11 Å². The third-order valence-corrected chi connectivity index (χ3v) is 7.31. The molecule has 4 nitrogen and oxygen atoms in total. The molecule has 0 aromatic heterocycles. The first-order valence-electron chi connectivity index (χ1n) is 10.8. The van der Waals surface area contributed by atoms with Crippen molar-refractivity contribution >= 4 is 18.6 Å². The molecule has 2 aromatic carbocycles. The van der Waals surface area contributed by atoms with Crippen LogP contribution in [-0.2, 0) is 24.3 Å². The summed E-state index contributed by atoms with van der Waals surface area (Å²) in [7, 11) is 1.11. The Bertz CT molecular complexity index is 962. The van der Waals surface area contributed by atoms with E-state index < -0.39 is 5.41 Å². The van der Waals surface area contributed by atoms with E-state index in [4.69, 9.17) is 14.0 Å². The standard InChI is InChI=1S/C25H31BO4/c1-7-24(5)23(3,4)29-26(30-24)20-12-13-21(17(2)16-20)18-8-10-19(11-9-18)25(14-15-25)22(27)28-6/h8-13,16H,7,14-15H2,1-6H3. The van der Waals surface area contributed by atoms with Gasteiger partial charge in [-0.25, -0.2) is 0 Å². The molecule has 1 unspecified atom stereocenters. The van der Waals surface area contributed by atoms with Gasteiger partial charge in [0.2, 0.25) is 0 Å². The van der Waals surface area contributed by atoms with Crippen LogP contribution >= 0.6 is 0 Å². The second kappa shape index (κ2) is 7.24. The summed E-state index contributed by atoms with van der Waals surface area (Å²) in [6.07, 6.45) is 2.62. The van der Waals surface area contributed by atoms with Crippen LogP contribution in [0.3, 0.4) is 0 Å². The topological polar surface area (TPSA) is 44.8 Å². The lowest BCUT2D eigenvalue weighted by atomic mass is 9.77. The largest absolute Gasteiger partial charge is 0.494 e. The molecule has 1 aliphatic heterocycles. The molecule has 2 aliphatic rings. The van der Waals surface area contributed by atoms with E-state index in [1.807, 2.05) is 0 Å². The predicted octanol–water partition coefficient (Wildman–Crippen LogP) is 4.56. The fourth-order valence-electron chi connectivity index (χ4n) is 4.50. The van der Waals surface area contributed by atoms with Crippen LogP contribution in [-0.4, -0.2) is 31.4 Å². The fourth-order valence-corrected chi connectivity index (χ4v) is 4.50. The number of carbonyl (C=O) groups excluding carboxylic acids is 1.